The second-order valence-corrected chi connectivity index (χ2v) is 5.88. The molecule has 0 amide bonds. The van der Waals surface area contributed by atoms with Gasteiger partial charge in [0.2, 0.25) is 0 Å². The van der Waals surface area contributed by atoms with Gasteiger partial charge in [0, 0.05) is 6.04 Å². The summed E-state index contributed by atoms with van der Waals surface area (Å²) in [5.41, 5.74) is 3.57. The van der Waals surface area contributed by atoms with E-state index in [0.717, 1.165) is 11.3 Å². The number of aryl methyl sites for hydroxylation is 1. The van der Waals surface area contributed by atoms with Crippen LogP contribution in [0.15, 0.2) is 18.2 Å². The Labute approximate surface area is 127 Å². The largest absolute Gasteiger partial charge is 0.324 e. The van der Waals surface area contributed by atoms with Crippen LogP contribution >= 0.6 is 11.6 Å². The predicted molar refractivity (Wildman–Crippen MR) is 87.5 cm³/mol. The lowest BCUT2D eigenvalue weighted by Crippen LogP contribution is -2.12. The first-order valence-corrected chi connectivity index (χ1v) is 8.28. The van der Waals surface area contributed by atoms with Crippen LogP contribution in [0.1, 0.15) is 63.4 Å². The first-order chi connectivity index (χ1) is 9.71. The molecule has 2 rings (SSSR count). The molecule has 2 nitrogen and oxygen atoms in total. The van der Waals surface area contributed by atoms with Crippen LogP contribution in [0.2, 0.25) is 0 Å². The van der Waals surface area contributed by atoms with Crippen molar-refractivity contribution in [2.45, 2.75) is 64.8 Å². The maximum absolute atomic E-state index is 6.14. The van der Waals surface area contributed by atoms with Crippen molar-refractivity contribution in [2.24, 2.45) is 0 Å². The number of rotatable bonds is 7. The van der Waals surface area contributed by atoms with Crippen LogP contribution in [0.3, 0.4) is 0 Å². The van der Waals surface area contributed by atoms with Gasteiger partial charge in [0.1, 0.15) is 5.82 Å². The summed E-state index contributed by atoms with van der Waals surface area (Å²) in [6, 6.07) is 7.05. The minimum atomic E-state index is 0.486. The van der Waals surface area contributed by atoms with E-state index in [1.807, 2.05) is 0 Å². The van der Waals surface area contributed by atoms with Crippen molar-refractivity contribution < 1.29 is 0 Å². The molecular weight excluding hydrogens is 268 g/mol. The van der Waals surface area contributed by atoms with E-state index in [9.17, 15) is 0 Å². The summed E-state index contributed by atoms with van der Waals surface area (Å²) in [5, 5.41) is 0. The highest BCUT2D eigenvalue weighted by atomic mass is 35.5. The molecule has 0 aliphatic carbocycles. The molecule has 3 heteroatoms. The highest BCUT2D eigenvalue weighted by Crippen LogP contribution is 2.29. The molecule has 1 heterocycles. The predicted octanol–water partition coefficient (Wildman–Crippen LogP) is 5.61. The Bertz CT molecular complexity index is 559. The molecule has 1 aromatic carbocycles. The zero-order valence-electron chi connectivity index (χ0n) is 12.8. The van der Waals surface area contributed by atoms with E-state index < -0.39 is 0 Å². The van der Waals surface area contributed by atoms with E-state index in [1.54, 1.807) is 0 Å². The van der Waals surface area contributed by atoms with Gasteiger partial charge < -0.3 is 4.57 Å². The van der Waals surface area contributed by atoms with E-state index in [1.165, 1.54) is 43.2 Å². The van der Waals surface area contributed by atoms with Crippen LogP contribution in [-0.2, 0) is 5.88 Å². The van der Waals surface area contributed by atoms with Crippen LogP contribution in [-0.4, -0.2) is 9.55 Å². The summed E-state index contributed by atoms with van der Waals surface area (Å²) in [6.45, 7) is 6.61. The number of imidazole rings is 1. The average molecular weight is 293 g/mol. The van der Waals surface area contributed by atoms with Crippen molar-refractivity contribution in [3.63, 3.8) is 0 Å². The number of halogens is 1. The summed E-state index contributed by atoms with van der Waals surface area (Å²) in [7, 11) is 0. The molecule has 20 heavy (non-hydrogen) atoms. The first-order valence-electron chi connectivity index (χ1n) is 7.74. The second-order valence-electron chi connectivity index (χ2n) is 5.61. The fraction of sp³-hybridized carbons (Fsp3) is 0.588. The molecule has 110 valence electrons. The fourth-order valence-corrected chi connectivity index (χ4v) is 3.12. The minimum Gasteiger partial charge on any atom is -0.324 e. The molecule has 0 saturated heterocycles. The van der Waals surface area contributed by atoms with Gasteiger partial charge in [0.25, 0.3) is 0 Å². The number of alkyl halides is 1. The van der Waals surface area contributed by atoms with Gasteiger partial charge in [0.15, 0.2) is 0 Å². The molecule has 0 N–H and O–H groups in total. The Hall–Kier alpha value is -1.02. The maximum Gasteiger partial charge on any atom is 0.125 e. The van der Waals surface area contributed by atoms with Crippen molar-refractivity contribution in [1.82, 2.24) is 9.55 Å². The molecule has 2 aromatic rings. The lowest BCUT2D eigenvalue weighted by Gasteiger charge is -2.21. The molecule has 1 aromatic heterocycles. The summed E-state index contributed by atoms with van der Waals surface area (Å²) < 4.78 is 2.39. The van der Waals surface area contributed by atoms with Crippen molar-refractivity contribution in [1.29, 1.82) is 0 Å². The van der Waals surface area contributed by atoms with Gasteiger partial charge in [-0.3, -0.25) is 0 Å². The molecule has 0 saturated carbocycles. The standard InChI is InChI=1S/C17H25ClN2/c1-4-6-8-14(7-5-2)20-16-10-9-13(3)11-15(16)19-17(20)12-18/h9-11,14H,4-8,12H2,1-3H3. The molecule has 0 aliphatic heterocycles. The highest BCUT2D eigenvalue weighted by Gasteiger charge is 2.17. The second kappa shape index (κ2) is 7.12. The molecule has 0 aliphatic rings. The lowest BCUT2D eigenvalue weighted by atomic mass is 10.0. The van der Waals surface area contributed by atoms with Crippen LogP contribution in [0.4, 0.5) is 0 Å². The number of unbranched alkanes of at least 4 members (excludes halogenated alkanes) is 1. The SMILES string of the molecule is CCCCC(CCC)n1c(CCl)nc2cc(C)ccc21. The smallest absolute Gasteiger partial charge is 0.125 e. The normalized spacial score (nSPS) is 13.0. The number of fused-ring (bicyclic) bond motifs is 1. The van der Waals surface area contributed by atoms with Crippen molar-refractivity contribution in [3.8, 4) is 0 Å². The molecule has 0 fully saturated rings. The Morgan fingerprint density at radius 1 is 1.20 bits per heavy atom. The third kappa shape index (κ3) is 3.17. The van der Waals surface area contributed by atoms with E-state index in [0.29, 0.717) is 11.9 Å². The Morgan fingerprint density at radius 3 is 2.65 bits per heavy atom. The Balaban J connectivity index is 2.47. The highest BCUT2D eigenvalue weighted by molar-refractivity contribution is 6.16. The Kier molecular flexibility index (Phi) is 5.47. The average Bonchev–Trinajstić information content (AvgIpc) is 2.80. The van der Waals surface area contributed by atoms with Crippen LogP contribution in [0, 0.1) is 6.92 Å². The van der Waals surface area contributed by atoms with Gasteiger partial charge >= 0.3 is 0 Å². The lowest BCUT2D eigenvalue weighted by molar-refractivity contribution is 0.418. The van der Waals surface area contributed by atoms with Gasteiger partial charge in [0.05, 0.1) is 16.9 Å². The molecule has 1 atom stereocenters. The van der Waals surface area contributed by atoms with Crippen LogP contribution < -0.4 is 0 Å². The van der Waals surface area contributed by atoms with E-state index in [-0.39, 0.29) is 0 Å². The number of aromatic nitrogens is 2. The molecule has 1 unspecified atom stereocenters. The third-order valence-corrected chi connectivity index (χ3v) is 4.15. The zero-order valence-corrected chi connectivity index (χ0v) is 13.6. The van der Waals surface area contributed by atoms with Crippen LogP contribution in [0.5, 0.6) is 0 Å². The third-order valence-electron chi connectivity index (χ3n) is 3.92. The van der Waals surface area contributed by atoms with Gasteiger partial charge in [-0.1, -0.05) is 39.2 Å². The van der Waals surface area contributed by atoms with E-state index >= 15 is 0 Å². The van der Waals surface area contributed by atoms with E-state index in [2.05, 4.69) is 43.5 Å². The monoisotopic (exact) mass is 292 g/mol. The van der Waals surface area contributed by atoms with Gasteiger partial charge in [-0.25, -0.2) is 4.98 Å². The van der Waals surface area contributed by atoms with Crippen LogP contribution in [0.25, 0.3) is 11.0 Å². The summed E-state index contributed by atoms with van der Waals surface area (Å²) in [5.74, 6) is 1.50. The number of benzene rings is 1. The maximum atomic E-state index is 6.14. The first kappa shape index (κ1) is 15.4. The Morgan fingerprint density at radius 2 is 2.00 bits per heavy atom. The van der Waals surface area contributed by atoms with Gasteiger partial charge in [-0.15, -0.1) is 11.6 Å². The van der Waals surface area contributed by atoms with Crippen molar-refractivity contribution >= 4 is 22.6 Å². The van der Waals surface area contributed by atoms with Gasteiger partial charge in [-0.2, -0.15) is 0 Å². The molecule has 0 spiro atoms. The zero-order chi connectivity index (χ0) is 14.5. The van der Waals surface area contributed by atoms with Crippen molar-refractivity contribution in [2.75, 3.05) is 0 Å². The van der Waals surface area contributed by atoms with Crippen molar-refractivity contribution in [3.05, 3.63) is 29.6 Å². The van der Waals surface area contributed by atoms with Gasteiger partial charge in [-0.05, 0) is 37.5 Å². The summed E-state index contributed by atoms with van der Waals surface area (Å²) in [6.07, 6.45) is 6.11. The number of nitrogens with zero attached hydrogens (tertiary/aromatic N) is 2. The summed E-state index contributed by atoms with van der Waals surface area (Å²) in [4.78, 5) is 4.73. The fourth-order valence-electron chi connectivity index (χ4n) is 2.94. The topological polar surface area (TPSA) is 17.8 Å². The molecular formula is C17H25ClN2. The number of hydrogen-bond donors (Lipinski definition) is 0. The minimum absolute atomic E-state index is 0.486. The summed E-state index contributed by atoms with van der Waals surface area (Å²) >= 11 is 6.14. The number of hydrogen-bond acceptors (Lipinski definition) is 1. The molecule has 0 bridgehead atoms. The quantitative estimate of drug-likeness (QED) is 0.606. The molecule has 0 radical (unpaired) electrons. The van der Waals surface area contributed by atoms with E-state index in [4.69, 9.17) is 16.6 Å².